The lowest BCUT2D eigenvalue weighted by molar-refractivity contribution is -0.0730. The van der Waals surface area contributed by atoms with Gasteiger partial charge < -0.3 is 19.3 Å². The Bertz CT molecular complexity index is 1670. The first kappa shape index (κ1) is 29.1. The molecule has 6 heterocycles. The van der Waals surface area contributed by atoms with Gasteiger partial charge >= 0.3 is 6.01 Å². The van der Waals surface area contributed by atoms with Gasteiger partial charge in [0.25, 0.3) is 5.91 Å². The van der Waals surface area contributed by atoms with Crippen LogP contribution < -0.4 is 9.64 Å². The molecule has 3 aromatic rings. The van der Waals surface area contributed by atoms with Crippen LogP contribution in [0.25, 0.3) is 0 Å². The van der Waals surface area contributed by atoms with Crippen molar-refractivity contribution in [1.29, 1.82) is 0 Å². The number of carbonyl (C=O) groups is 1. The summed E-state index contributed by atoms with van der Waals surface area (Å²) in [7, 11) is 3.47. The summed E-state index contributed by atoms with van der Waals surface area (Å²) in [6.45, 7) is 4.13. The van der Waals surface area contributed by atoms with Crippen LogP contribution in [0.3, 0.4) is 0 Å². The van der Waals surface area contributed by atoms with Crippen molar-refractivity contribution in [3.05, 3.63) is 63.1 Å². The quantitative estimate of drug-likeness (QED) is 0.410. The van der Waals surface area contributed by atoms with Gasteiger partial charge in [0, 0.05) is 57.2 Å². The predicted octanol–water partition coefficient (Wildman–Crippen LogP) is 4.31. The molecule has 238 valence electrons. The van der Waals surface area contributed by atoms with Crippen LogP contribution in [0.4, 0.5) is 10.2 Å². The number of aryl methyl sites for hydroxylation is 1. The number of halogens is 2. The van der Waals surface area contributed by atoms with E-state index in [1.165, 1.54) is 0 Å². The molecule has 5 aliphatic rings. The summed E-state index contributed by atoms with van der Waals surface area (Å²) >= 11 is 6.61. The number of nitrogens with zero attached hydrogens (tertiary/aromatic N) is 7. The van der Waals surface area contributed by atoms with Gasteiger partial charge in [0.15, 0.2) is 5.69 Å². The fraction of sp³-hybridized carbons (Fsp3) is 0.576. The topological polar surface area (TPSA) is 88.9 Å². The lowest BCUT2D eigenvalue weighted by Crippen LogP contribution is -2.43. The Labute approximate surface area is 267 Å². The minimum absolute atomic E-state index is 0.115. The van der Waals surface area contributed by atoms with Gasteiger partial charge in [-0.05, 0) is 61.9 Å². The van der Waals surface area contributed by atoms with E-state index in [-0.39, 0.29) is 11.4 Å². The van der Waals surface area contributed by atoms with Gasteiger partial charge in [-0.1, -0.05) is 23.7 Å². The number of fused-ring (bicyclic) bond motifs is 5. The molecule has 0 N–H and O–H groups in total. The Kier molecular flexibility index (Phi) is 7.07. The van der Waals surface area contributed by atoms with Gasteiger partial charge in [-0.2, -0.15) is 15.1 Å². The Morgan fingerprint density at radius 2 is 2.07 bits per heavy atom. The molecule has 0 unspecified atom stereocenters. The van der Waals surface area contributed by atoms with Gasteiger partial charge in [-0.3, -0.25) is 14.4 Å². The fourth-order valence-corrected chi connectivity index (χ4v) is 8.58. The third kappa shape index (κ3) is 4.89. The normalized spacial score (nSPS) is 27.2. The molecule has 12 heteroatoms. The van der Waals surface area contributed by atoms with Crippen molar-refractivity contribution in [3.8, 4) is 6.01 Å². The lowest BCUT2D eigenvalue weighted by Gasteiger charge is -2.37. The second-order valence-electron chi connectivity index (χ2n) is 13.6. The van der Waals surface area contributed by atoms with E-state index in [1.54, 1.807) is 19.0 Å². The highest BCUT2D eigenvalue weighted by Crippen LogP contribution is 2.49. The van der Waals surface area contributed by atoms with Crippen molar-refractivity contribution in [2.75, 3.05) is 45.2 Å². The highest BCUT2D eigenvalue weighted by atomic mass is 35.5. The van der Waals surface area contributed by atoms with E-state index in [9.17, 15) is 9.18 Å². The molecule has 1 amide bonds. The van der Waals surface area contributed by atoms with E-state index >= 15 is 0 Å². The van der Waals surface area contributed by atoms with Crippen LogP contribution in [-0.4, -0.2) is 87.5 Å². The number of carbonyl (C=O) groups excluding carboxylic acids is 1. The van der Waals surface area contributed by atoms with Crippen LogP contribution in [0, 0.1) is 0 Å². The van der Waals surface area contributed by atoms with Crippen LogP contribution in [0.1, 0.15) is 70.7 Å². The molecule has 2 aromatic heterocycles. The lowest BCUT2D eigenvalue weighted by atomic mass is 9.87. The van der Waals surface area contributed by atoms with Crippen LogP contribution in [0.5, 0.6) is 6.01 Å². The van der Waals surface area contributed by atoms with Crippen molar-refractivity contribution in [2.45, 2.75) is 82.0 Å². The van der Waals surface area contributed by atoms with Gasteiger partial charge in [0.1, 0.15) is 18.6 Å². The standard InChI is InChI=1S/C33H39ClFN7O3/c1-39(2)30(43)27-14-22-18-40(11-5-13-42(22)38-27)29-24-19-45-33(10-8-23-25(33)6-3-7-26(23)34)16-28(24)36-31(37-29)44-20-32-9-4-12-41(32)17-21(35)15-32/h3,6-7,14,21H,4-5,8-13,15-20H2,1-2H3/t21-,32+,33+/m1/s1. The molecule has 0 saturated carbocycles. The number of ether oxygens (including phenoxy) is 2. The average Bonchev–Trinajstić information content (AvgIpc) is 3.74. The molecule has 2 fully saturated rings. The second kappa shape index (κ2) is 10.9. The highest BCUT2D eigenvalue weighted by Gasteiger charge is 2.50. The number of amides is 1. The molecular formula is C33H39ClFN7O3. The van der Waals surface area contributed by atoms with Crippen LogP contribution in [0.15, 0.2) is 24.3 Å². The molecule has 1 aromatic carbocycles. The zero-order chi connectivity index (χ0) is 30.9. The number of hydrogen-bond acceptors (Lipinski definition) is 8. The van der Waals surface area contributed by atoms with E-state index in [2.05, 4.69) is 21.0 Å². The van der Waals surface area contributed by atoms with Crippen LogP contribution in [0.2, 0.25) is 5.02 Å². The third-order valence-corrected chi connectivity index (χ3v) is 10.9. The maximum atomic E-state index is 14.5. The number of anilines is 1. The monoisotopic (exact) mass is 635 g/mol. The average molecular weight is 636 g/mol. The summed E-state index contributed by atoms with van der Waals surface area (Å²) in [5.41, 5.74) is 4.79. The molecule has 3 atom stereocenters. The largest absolute Gasteiger partial charge is 0.461 e. The number of benzene rings is 1. The van der Waals surface area contributed by atoms with E-state index in [0.29, 0.717) is 57.4 Å². The van der Waals surface area contributed by atoms with Gasteiger partial charge in [-0.25, -0.2) is 4.39 Å². The Morgan fingerprint density at radius 3 is 2.93 bits per heavy atom. The van der Waals surface area contributed by atoms with Crippen LogP contribution in [-0.2, 0) is 42.9 Å². The van der Waals surface area contributed by atoms with Crippen LogP contribution >= 0.6 is 11.6 Å². The number of alkyl halides is 1. The van der Waals surface area contributed by atoms with Gasteiger partial charge in [-0.15, -0.1) is 0 Å². The summed E-state index contributed by atoms with van der Waals surface area (Å²) in [5, 5.41) is 5.40. The van der Waals surface area contributed by atoms with Crippen molar-refractivity contribution >= 4 is 23.3 Å². The zero-order valence-corrected chi connectivity index (χ0v) is 26.7. The van der Waals surface area contributed by atoms with Gasteiger partial charge in [0.05, 0.1) is 35.7 Å². The Hall–Kier alpha value is -3.28. The number of aromatic nitrogens is 4. The second-order valence-corrected chi connectivity index (χ2v) is 14.0. The molecule has 45 heavy (non-hydrogen) atoms. The van der Waals surface area contributed by atoms with Crippen molar-refractivity contribution in [3.63, 3.8) is 0 Å². The summed E-state index contributed by atoms with van der Waals surface area (Å²) in [6.07, 6.45) is 4.76. The Morgan fingerprint density at radius 1 is 1.18 bits per heavy atom. The fourth-order valence-electron chi connectivity index (χ4n) is 8.31. The number of rotatable bonds is 5. The van der Waals surface area contributed by atoms with E-state index < -0.39 is 11.8 Å². The maximum absolute atomic E-state index is 14.5. The number of hydrogen-bond donors (Lipinski definition) is 0. The van der Waals surface area contributed by atoms with Gasteiger partial charge in [0.2, 0.25) is 0 Å². The molecule has 0 bridgehead atoms. The molecule has 2 saturated heterocycles. The molecule has 0 radical (unpaired) electrons. The minimum atomic E-state index is -0.827. The molecule has 1 spiro atoms. The molecule has 8 rings (SSSR count). The smallest absolute Gasteiger partial charge is 0.318 e. The van der Waals surface area contributed by atoms with Crippen molar-refractivity contribution in [1.82, 2.24) is 29.5 Å². The van der Waals surface area contributed by atoms with E-state index in [4.69, 9.17) is 31.0 Å². The van der Waals surface area contributed by atoms with Crippen molar-refractivity contribution in [2.24, 2.45) is 0 Å². The molecule has 10 nitrogen and oxygen atoms in total. The molecule has 4 aliphatic heterocycles. The summed E-state index contributed by atoms with van der Waals surface area (Å²) in [6, 6.07) is 8.28. The zero-order valence-electron chi connectivity index (χ0n) is 25.9. The summed E-state index contributed by atoms with van der Waals surface area (Å²) in [4.78, 5) is 28.8. The summed E-state index contributed by atoms with van der Waals surface area (Å²) in [5.74, 6) is 0.676. The highest BCUT2D eigenvalue weighted by molar-refractivity contribution is 6.31. The Balaban J connectivity index is 1.15. The van der Waals surface area contributed by atoms with E-state index in [1.807, 2.05) is 22.9 Å². The first-order chi connectivity index (χ1) is 21.7. The van der Waals surface area contributed by atoms with E-state index in [0.717, 1.165) is 84.1 Å². The minimum Gasteiger partial charge on any atom is -0.461 e. The summed E-state index contributed by atoms with van der Waals surface area (Å²) < 4.78 is 29.7. The molecular weight excluding hydrogens is 597 g/mol. The first-order valence-electron chi connectivity index (χ1n) is 16.1. The maximum Gasteiger partial charge on any atom is 0.318 e. The van der Waals surface area contributed by atoms with Crippen molar-refractivity contribution < 1.29 is 18.7 Å². The predicted molar refractivity (Wildman–Crippen MR) is 166 cm³/mol. The third-order valence-electron chi connectivity index (χ3n) is 10.6. The molecule has 1 aliphatic carbocycles. The SMILES string of the molecule is CN(C)C(=O)c1cc2n(n1)CCCN(c1nc(OC[C@@]34CCCN3C[C@H](F)C4)nc3c1CO[C@@]1(CCc4c(Cl)cccc41)C3)C2. The first-order valence-corrected chi connectivity index (χ1v) is 16.5.